The molecule has 0 unspecified atom stereocenters. The van der Waals surface area contributed by atoms with Gasteiger partial charge in [0.25, 0.3) is 0 Å². The second-order valence-electron chi connectivity index (χ2n) is 9.04. The van der Waals surface area contributed by atoms with Crippen LogP contribution in [0.25, 0.3) is 16.0 Å². The third kappa shape index (κ3) is 5.14. The van der Waals surface area contributed by atoms with E-state index in [0.29, 0.717) is 30.2 Å². The summed E-state index contributed by atoms with van der Waals surface area (Å²) in [6.45, 7) is 4.76. The Kier molecular flexibility index (Phi) is 7.03. The SMILES string of the molecule is COc1cc(-c2scc(COc3cccc(CCC(=O)O)c3)c2C2=CCCC2(C)C)c(F)cn1. The Hall–Kier alpha value is -3.19. The number of thiophene rings is 1. The first-order valence-corrected chi connectivity index (χ1v) is 12.1. The molecule has 34 heavy (non-hydrogen) atoms. The summed E-state index contributed by atoms with van der Waals surface area (Å²) in [5.41, 5.74) is 4.56. The molecule has 4 rings (SSSR count). The number of ether oxygens (including phenoxy) is 2. The topological polar surface area (TPSA) is 68.7 Å². The minimum Gasteiger partial charge on any atom is -0.489 e. The maximum atomic E-state index is 14.9. The minimum absolute atomic E-state index is 0.0328. The van der Waals surface area contributed by atoms with E-state index in [0.717, 1.165) is 34.4 Å². The number of rotatable bonds is 9. The Morgan fingerprint density at radius 1 is 1.29 bits per heavy atom. The molecule has 0 spiro atoms. The number of aliphatic carboxylic acids is 1. The summed E-state index contributed by atoms with van der Waals surface area (Å²) >= 11 is 1.49. The molecule has 2 heterocycles. The van der Waals surface area contributed by atoms with Gasteiger partial charge >= 0.3 is 5.97 Å². The number of nitrogens with zero attached hydrogens (tertiary/aromatic N) is 1. The lowest BCUT2D eigenvalue weighted by atomic mass is 9.80. The number of allylic oxidation sites excluding steroid dienone is 2. The average molecular weight is 482 g/mol. The Labute approximate surface area is 202 Å². The Morgan fingerprint density at radius 3 is 2.82 bits per heavy atom. The molecule has 0 radical (unpaired) electrons. The minimum atomic E-state index is -0.825. The van der Waals surface area contributed by atoms with Gasteiger partial charge in [0.05, 0.1) is 13.3 Å². The van der Waals surface area contributed by atoms with Gasteiger partial charge in [0.1, 0.15) is 18.2 Å². The van der Waals surface area contributed by atoms with Crippen molar-refractivity contribution in [2.45, 2.75) is 46.1 Å². The Morgan fingerprint density at radius 2 is 2.12 bits per heavy atom. The van der Waals surface area contributed by atoms with Crippen LogP contribution in [0.2, 0.25) is 0 Å². The van der Waals surface area contributed by atoms with Crippen molar-refractivity contribution in [3.05, 3.63) is 70.5 Å². The van der Waals surface area contributed by atoms with Gasteiger partial charge in [0.2, 0.25) is 5.88 Å². The maximum absolute atomic E-state index is 14.9. The van der Waals surface area contributed by atoms with Crippen LogP contribution in [0.4, 0.5) is 4.39 Å². The molecule has 178 valence electrons. The van der Waals surface area contributed by atoms with Gasteiger partial charge in [-0.25, -0.2) is 9.37 Å². The van der Waals surface area contributed by atoms with E-state index in [4.69, 9.17) is 14.6 Å². The van der Waals surface area contributed by atoms with Crippen LogP contribution in [0.3, 0.4) is 0 Å². The highest BCUT2D eigenvalue weighted by Gasteiger charge is 2.33. The summed E-state index contributed by atoms with van der Waals surface area (Å²) in [7, 11) is 1.52. The maximum Gasteiger partial charge on any atom is 0.303 e. The van der Waals surface area contributed by atoms with Crippen LogP contribution >= 0.6 is 11.3 Å². The van der Waals surface area contributed by atoms with Gasteiger partial charge < -0.3 is 14.6 Å². The predicted octanol–water partition coefficient (Wildman–Crippen LogP) is 6.76. The van der Waals surface area contributed by atoms with Gasteiger partial charge in [-0.15, -0.1) is 11.3 Å². The fraction of sp³-hybridized carbons (Fsp3) is 0.333. The second-order valence-corrected chi connectivity index (χ2v) is 9.92. The number of aryl methyl sites for hydroxylation is 1. The van der Waals surface area contributed by atoms with Crippen LogP contribution in [0.1, 0.15) is 49.8 Å². The molecule has 1 aliphatic rings. The van der Waals surface area contributed by atoms with Crippen LogP contribution in [-0.2, 0) is 17.8 Å². The summed E-state index contributed by atoms with van der Waals surface area (Å²) in [5.74, 6) is -0.169. The van der Waals surface area contributed by atoms with Crippen LogP contribution in [0, 0.1) is 11.2 Å². The lowest BCUT2D eigenvalue weighted by molar-refractivity contribution is -0.136. The zero-order chi connectivity index (χ0) is 24.3. The summed E-state index contributed by atoms with van der Waals surface area (Å²) in [6, 6.07) is 9.15. The largest absolute Gasteiger partial charge is 0.489 e. The van der Waals surface area contributed by atoms with Crippen molar-refractivity contribution in [3.63, 3.8) is 0 Å². The van der Waals surface area contributed by atoms with Crippen molar-refractivity contribution in [3.8, 4) is 22.1 Å². The molecule has 1 N–H and O–H groups in total. The number of benzene rings is 1. The van der Waals surface area contributed by atoms with E-state index in [1.54, 1.807) is 6.07 Å². The van der Waals surface area contributed by atoms with E-state index in [1.165, 1.54) is 30.2 Å². The van der Waals surface area contributed by atoms with Crippen molar-refractivity contribution in [2.75, 3.05) is 7.11 Å². The first kappa shape index (κ1) is 24.0. The number of aromatic nitrogens is 1. The lowest BCUT2D eigenvalue weighted by Gasteiger charge is -2.24. The van der Waals surface area contributed by atoms with Crippen LogP contribution in [0.5, 0.6) is 11.6 Å². The molecule has 1 aromatic carbocycles. The fourth-order valence-corrected chi connectivity index (χ4v) is 5.42. The molecule has 0 fully saturated rings. The molecule has 5 nitrogen and oxygen atoms in total. The molecular weight excluding hydrogens is 453 g/mol. The van der Waals surface area contributed by atoms with E-state index < -0.39 is 5.97 Å². The van der Waals surface area contributed by atoms with Gasteiger partial charge in [0.15, 0.2) is 0 Å². The van der Waals surface area contributed by atoms with E-state index in [9.17, 15) is 9.18 Å². The Balaban J connectivity index is 1.68. The summed E-state index contributed by atoms with van der Waals surface area (Å²) in [5, 5.41) is 11.0. The number of carboxylic acids is 1. The van der Waals surface area contributed by atoms with Crippen molar-refractivity contribution in [1.82, 2.24) is 4.98 Å². The van der Waals surface area contributed by atoms with Gasteiger partial charge in [-0.2, -0.15) is 0 Å². The zero-order valence-corrected chi connectivity index (χ0v) is 20.4. The quantitative estimate of drug-likeness (QED) is 0.366. The van der Waals surface area contributed by atoms with E-state index in [2.05, 4.69) is 24.9 Å². The van der Waals surface area contributed by atoms with Crippen molar-refractivity contribution < 1.29 is 23.8 Å². The molecule has 0 amide bonds. The number of hydrogen-bond acceptors (Lipinski definition) is 5. The highest BCUT2D eigenvalue weighted by molar-refractivity contribution is 7.14. The normalized spacial score (nSPS) is 14.6. The second kappa shape index (κ2) is 9.97. The van der Waals surface area contributed by atoms with Crippen LogP contribution in [0.15, 0.2) is 48.0 Å². The monoisotopic (exact) mass is 481 g/mol. The van der Waals surface area contributed by atoms with E-state index in [1.807, 2.05) is 29.6 Å². The number of hydrogen-bond donors (Lipinski definition) is 1. The first-order chi connectivity index (χ1) is 16.3. The lowest BCUT2D eigenvalue weighted by Crippen LogP contribution is -2.11. The van der Waals surface area contributed by atoms with Gasteiger partial charge in [0, 0.05) is 34.1 Å². The third-order valence-electron chi connectivity index (χ3n) is 6.19. The molecule has 3 aromatic rings. The molecule has 2 aromatic heterocycles. The number of pyridine rings is 1. The molecule has 0 bridgehead atoms. The summed E-state index contributed by atoms with van der Waals surface area (Å²) in [6.07, 6.45) is 5.98. The molecule has 1 aliphatic carbocycles. The molecule has 0 saturated carbocycles. The van der Waals surface area contributed by atoms with Gasteiger partial charge in [-0.3, -0.25) is 4.79 Å². The summed E-state index contributed by atoms with van der Waals surface area (Å²) in [4.78, 5) is 15.7. The molecule has 0 atom stereocenters. The number of halogens is 1. The smallest absolute Gasteiger partial charge is 0.303 e. The van der Waals surface area contributed by atoms with E-state index >= 15 is 0 Å². The molecule has 0 saturated heterocycles. The fourth-order valence-electron chi connectivity index (χ4n) is 4.33. The van der Waals surface area contributed by atoms with Crippen LogP contribution in [-0.4, -0.2) is 23.2 Å². The standard InChI is InChI=1S/C27H28FNO4S/c1-27(2)11-5-8-21(27)25-18(15-33-19-7-4-6-17(12-19)9-10-24(30)31)16-34-26(25)20-13-23(32-3)29-14-22(20)28/h4,6-8,12-14,16H,5,9-11,15H2,1-3H3,(H,30,31). The Bertz CT molecular complexity index is 1230. The van der Waals surface area contributed by atoms with Gasteiger partial charge in [-0.05, 0) is 53.3 Å². The zero-order valence-electron chi connectivity index (χ0n) is 19.6. The van der Waals surface area contributed by atoms with Crippen molar-refractivity contribution >= 4 is 22.9 Å². The molecular formula is C27H28FNO4S. The van der Waals surface area contributed by atoms with Gasteiger partial charge in [-0.1, -0.05) is 32.1 Å². The molecule has 7 heteroatoms. The predicted molar refractivity (Wildman–Crippen MR) is 132 cm³/mol. The summed E-state index contributed by atoms with van der Waals surface area (Å²) < 4.78 is 26.3. The average Bonchev–Trinajstić information content (AvgIpc) is 3.38. The highest BCUT2D eigenvalue weighted by Crippen LogP contribution is 2.50. The highest BCUT2D eigenvalue weighted by atomic mass is 32.1. The number of carboxylic acid groups (broad SMARTS) is 1. The number of methoxy groups -OCH3 is 1. The number of carbonyl (C=O) groups is 1. The third-order valence-corrected chi connectivity index (χ3v) is 7.25. The van der Waals surface area contributed by atoms with Crippen LogP contribution < -0.4 is 9.47 Å². The van der Waals surface area contributed by atoms with Crippen molar-refractivity contribution in [1.29, 1.82) is 0 Å². The van der Waals surface area contributed by atoms with E-state index in [-0.39, 0.29) is 17.7 Å². The first-order valence-electron chi connectivity index (χ1n) is 11.2. The van der Waals surface area contributed by atoms with Crippen molar-refractivity contribution in [2.24, 2.45) is 5.41 Å². The molecule has 0 aliphatic heterocycles.